The lowest BCUT2D eigenvalue weighted by Crippen LogP contribution is -2.12. The second-order valence-corrected chi connectivity index (χ2v) is 5.10. The summed E-state index contributed by atoms with van der Waals surface area (Å²) < 4.78 is 1.87. The summed E-state index contributed by atoms with van der Waals surface area (Å²) in [5.74, 6) is -0.306. The summed E-state index contributed by atoms with van der Waals surface area (Å²) in [7, 11) is 0. The van der Waals surface area contributed by atoms with Gasteiger partial charge in [0.2, 0.25) is 0 Å². The summed E-state index contributed by atoms with van der Waals surface area (Å²) in [5, 5.41) is 3.32. The van der Waals surface area contributed by atoms with E-state index < -0.39 is 0 Å². The Hall–Kier alpha value is -2.24. The lowest BCUT2D eigenvalue weighted by Gasteiger charge is -2.06. The molecule has 3 aromatic rings. The molecule has 0 aliphatic heterocycles. The van der Waals surface area contributed by atoms with Gasteiger partial charge in [-0.25, -0.2) is 4.98 Å². The second-order valence-electron chi connectivity index (χ2n) is 4.32. The average molecular weight is 321 g/mol. The number of benzene rings is 1. The molecule has 5 nitrogen and oxygen atoms in total. The molecule has 1 aromatic carbocycles. The molecule has 0 aliphatic rings. The van der Waals surface area contributed by atoms with Crippen LogP contribution >= 0.6 is 23.2 Å². The fourth-order valence-corrected chi connectivity index (χ4v) is 2.17. The standard InChI is InChI=1S/C14H10Cl2N4O/c15-11-7-12(19-13(11)16)14(21)18-9-1-3-10(4-2-9)20-6-5-17-8-20/h1-8,19H,(H,18,21). The molecule has 1 amide bonds. The number of halogens is 2. The van der Waals surface area contributed by atoms with Crippen LogP contribution in [0.1, 0.15) is 10.5 Å². The lowest BCUT2D eigenvalue weighted by atomic mass is 10.2. The lowest BCUT2D eigenvalue weighted by molar-refractivity contribution is 0.102. The van der Waals surface area contributed by atoms with Gasteiger partial charge < -0.3 is 14.9 Å². The Labute approximate surface area is 130 Å². The van der Waals surface area contributed by atoms with E-state index in [-0.39, 0.29) is 11.1 Å². The number of amides is 1. The molecule has 3 rings (SSSR count). The van der Waals surface area contributed by atoms with Crippen LogP contribution in [0, 0.1) is 0 Å². The number of rotatable bonds is 3. The fraction of sp³-hybridized carbons (Fsp3) is 0. The quantitative estimate of drug-likeness (QED) is 0.771. The summed E-state index contributed by atoms with van der Waals surface area (Å²) in [6.45, 7) is 0. The number of aromatic nitrogens is 3. The minimum Gasteiger partial charge on any atom is -0.340 e. The summed E-state index contributed by atoms with van der Waals surface area (Å²) in [6.07, 6.45) is 5.25. The fourth-order valence-electron chi connectivity index (χ4n) is 1.85. The van der Waals surface area contributed by atoms with Crippen LogP contribution in [0.5, 0.6) is 0 Å². The number of aromatic amines is 1. The summed E-state index contributed by atoms with van der Waals surface area (Å²) in [4.78, 5) is 18.7. The molecule has 7 heteroatoms. The van der Waals surface area contributed by atoms with Crippen LogP contribution in [0.25, 0.3) is 5.69 Å². The Morgan fingerprint density at radius 2 is 2.00 bits per heavy atom. The SMILES string of the molecule is O=C(Nc1ccc(-n2ccnc2)cc1)c1cc(Cl)c(Cl)[nH]1. The van der Waals surface area contributed by atoms with E-state index in [1.54, 1.807) is 24.7 Å². The topological polar surface area (TPSA) is 62.7 Å². The maximum Gasteiger partial charge on any atom is 0.272 e. The van der Waals surface area contributed by atoms with Crippen molar-refractivity contribution in [1.29, 1.82) is 0 Å². The van der Waals surface area contributed by atoms with E-state index in [0.717, 1.165) is 5.69 Å². The van der Waals surface area contributed by atoms with E-state index in [4.69, 9.17) is 23.2 Å². The molecule has 0 aliphatic carbocycles. The molecule has 0 saturated heterocycles. The first kappa shape index (κ1) is 13.7. The molecule has 21 heavy (non-hydrogen) atoms. The number of anilines is 1. The molecule has 0 bridgehead atoms. The highest BCUT2D eigenvalue weighted by molar-refractivity contribution is 6.41. The smallest absolute Gasteiger partial charge is 0.272 e. The molecule has 2 aromatic heterocycles. The first-order valence-electron chi connectivity index (χ1n) is 6.07. The third-order valence-electron chi connectivity index (χ3n) is 2.90. The molecule has 0 saturated carbocycles. The predicted molar refractivity (Wildman–Crippen MR) is 82.3 cm³/mol. The number of nitrogens with zero attached hydrogens (tertiary/aromatic N) is 2. The Morgan fingerprint density at radius 3 is 2.57 bits per heavy atom. The zero-order valence-corrected chi connectivity index (χ0v) is 12.2. The molecule has 2 N–H and O–H groups in total. The Bertz CT molecular complexity index is 743. The van der Waals surface area contributed by atoms with E-state index in [1.165, 1.54) is 6.07 Å². The average Bonchev–Trinajstić information content (AvgIpc) is 3.11. The molecular weight excluding hydrogens is 311 g/mol. The largest absolute Gasteiger partial charge is 0.340 e. The Kier molecular flexibility index (Phi) is 3.68. The Morgan fingerprint density at radius 1 is 1.24 bits per heavy atom. The van der Waals surface area contributed by atoms with Crippen molar-refractivity contribution in [3.63, 3.8) is 0 Å². The third-order valence-corrected chi connectivity index (χ3v) is 3.59. The van der Waals surface area contributed by atoms with Crippen LogP contribution < -0.4 is 5.32 Å². The van der Waals surface area contributed by atoms with Gasteiger partial charge in [-0.1, -0.05) is 23.2 Å². The Balaban J connectivity index is 1.74. The number of hydrogen-bond donors (Lipinski definition) is 2. The maximum absolute atomic E-state index is 12.0. The molecular formula is C14H10Cl2N4O. The molecule has 0 atom stereocenters. The third kappa shape index (κ3) is 2.94. The van der Waals surface area contributed by atoms with E-state index in [9.17, 15) is 4.79 Å². The molecule has 106 valence electrons. The van der Waals surface area contributed by atoms with Gasteiger partial charge in [-0.2, -0.15) is 0 Å². The van der Waals surface area contributed by atoms with Crippen molar-refractivity contribution in [3.8, 4) is 5.69 Å². The van der Waals surface area contributed by atoms with Gasteiger partial charge in [0.25, 0.3) is 5.91 Å². The van der Waals surface area contributed by atoms with Crippen molar-refractivity contribution in [3.05, 3.63) is 64.9 Å². The van der Waals surface area contributed by atoms with Gasteiger partial charge in [0.05, 0.1) is 11.3 Å². The molecule has 0 unspecified atom stereocenters. The number of carbonyl (C=O) groups is 1. The normalized spacial score (nSPS) is 10.6. The van der Waals surface area contributed by atoms with Gasteiger partial charge in [0, 0.05) is 23.8 Å². The monoisotopic (exact) mass is 320 g/mol. The van der Waals surface area contributed by atoms with Crippen molar-refractivity contribution < 1.29 is 4.79 Å². The second kappa shape index (κ2) is 5.63. The summed E-state index contributed by atoms with van der Waals surface area (Å²) in [6, 6.07) is 8.86. The van der Waals surface area contributed by atoms with Crippen molar-refractivity contribution >= 4 is 34.8 Å². The van der Waals surface area contributed by atoms with Crippen LogP contribution in [-0.4, -0.2) is 20.4 Å². The number of H-pyrrole nitrogens is 1. The van der Waals surface area contributed by atoms with Crippen LogP contribution in [0.4, 0.5) is 5.69 Å². The highest BCUT2D eigenvalue weighted by Gasteiger charge is 2.11. The first-order valence-corrected chi connectivity index (χ1v) is 6.83. The van der Waals surface area contributed by atoms with E-state index >= 15 is 0 Å². The van der Waals surface area contributed by atoms with E-state index in [0.29, 0.717) is 16.4 Å². The highest BCUT2D eigenvalue weighted by Crippen LogP contribution is 2.22. The van der Waals surface area contributed by atoms with Crippen molar-refractivity contribution in [2.45, 2.75) is 0 Å². The van der Waals surface area contributed by atoms with Crippen molar-refractivity contribution in [2.75, 3.05) is 5.32 Å². The van der Waals surface area contributed by atoms with Gasteiger partial charge in [0.1, 0.15) is 10.8 Å². The van der Waals surface area contributed by atoms with Gasteiger partial charge in [-0.3, -0.25) is 4.79 Å². The summed E-state index contributed by atoms with van der Waals surface area (Å²) in [5.41, 5.74) is 1.94. The molecule has 2 heterocycles. The van der Waals surface area contributed by atoms with Gasteiger partial charge in [-0.15, -0.1) is 0 Å². The molecule has 0 fully saturated rings. The van der Waals surface area contributed by atoms with E-state index in [1.807, 2.05) is 22.9 Å². The van der Waals surface area contributed by atoms with Crippen LogP contribution in [0.15, 0.2) is 49.1 Å². The van der Waals surface area contributed by atoms with Crippen LogP contribution in [0.3, 0.4) is 0 Å². The van der Waals surface area contributed by atoms with Crippen molar-refractivity contribution in [2.24, 2.45) is 0 Å². The van der Waals surface area contributed by atoms with E-state index in [2.05, 4.69) is 15.3 Å². The van der Waals surface area contributed by atoms with Crippen LogP contribution in [0.2, 0.25) is 10.2 Å². The van der Waals surface area contributed by atoms with Gasteiger partial charge >= 0.3 is 0 Å². The van der Waals surface area contributed by atoms with Crippen molar-refractivity contribution in [1.82, 2.24) is 14.5 Å². The van der Waals surface area contributed by atoms with Gasteiger partial charge in [0.15, 0.2) is 0 Å². The highest BCUT2D eigenvalue weighted by atomic mass is 35.5. The number of carbonyl (C=O) groups excluding carboxylic acids is 1. The first-order chi connectivity index (χ1) is 10.1. The zero-order valence-electron chi connectivity index (χ0n) is 10.7. The van der Waals surface area contributed by atoms with Crippen LogP contribution in [-0.2, 0) is 0 Å². The molecule has 0 radical (unpaired) electrons. The molecule has 0 spiro atoms. The minimum absolute atomic E-state index is 0.247. The number of hydrogen-bond acceptors (Lipinski definition) is 2. The number of imidazole rings is 1. The zero-order chi connectivity index (χ0) is 14.8. The predicted octanol–water partition coefficient (Wildman–Crippen LogP) is 3.76. The summed E-state index contributed by atoms with van der Waals surface area (Å²) >= 11 is 11.6. The number of nitrogens with one attached hydrogen (secondary N) is 2. The minimum atomic E-state index is -0.306. The maximum atomic E-state index is 12.0. The van der Waals surface area contributed by atoms with Gasteiger partial charge in [-0.05, 0) is 30.3 Å².